The van der Waals surface area contributed by atoms with Crippen molar-refractivity contribution in [2.45, 2.75) is 31.8 Å². The minimum absolute atomic E-state index is 0.179. The van der Waals surface area contributed by atoms with Crippen LogP contribution < -0.4 is 0 Å². The number of thioether (sulfide) groups is 1. The van der Waals surface area contributed by atoms with Crippen LogP contribution in [0, 0.1) is 5.92 Å². The van der Waals surface area contributed by atoms with Crippen molar-refractivity contribution in [3.8, 4) is 0 Å². The largest absolute Gasteiger partial charge is 0.393 e. The highest BCUT2D eigenvalue weighted by Gasteiger charge is 2.32. The molecule has 0 aromatic rings. The van der Waals surface area contributed by atoms with Gasteiger partial charge in [0.25, 0.3) is 0 Å². The van der Waals surface area contributed by atoms with Crippen LogP contribution in [-0.2, 0) is 0 Å². The first-order valence-electron chi connectivity index (χ1n) is 4.13. The van der Waals surface area contributed by atoms with Crippen molar-refractivity contribution in [2.75, 3.05) is 11.5 Å². The molecule has 12 heavy (non-hydrogen) atoms. The maximum absolute atomic E-state index is 12.6. The molecule has 1 aliphatic rings. The number of rotatable bonds is 2. The fourth-order valence-electron chi connectivity index (χ4n) is 1.44. The molecule has 0 amide bonds. The predicted molar refractivity (Wildman–Crippen MR) is 46.7 cm³/mol. The maximum atomic E-state index is 12.6. The van der Waals surface area contributed by atoms with Gasteiger partial charge in [0.1, 0.15) is 0 Å². The fourth-order valence-corrected chi connectivity index (χ4v) is 2.66. The smallest absolute Gasteiger partial charge is 0.245 e. The summed E-state index contributed by atoms with van der Waals surface area (Å²) in [6.07, 6.45) is -0.0378. The molecule has 72 valence electrons. The molecular formula is C8H14F2OS. The van der Waals surface area contributed by atoms with Crippen LogP contribution in [0.25, 0.3) is 0 Å². The van der Waals surface area contributed by atoms with Crippen molar-refractivity contribution >= 4 is 11.8 Å². The Morgan fingerprint density at radius 1 is 1.58 bits per heavy atom. The summed E-state index contributed by atoms with van der Waals surface area (Å²) in [6, 6.07) is 0. The van der Waals surface area contributed by atoms with Gasteiger partial charge >= 0.3 is 0 Å². The predicted octanol–water partition coefficient (Wildman–Crippen LogP) is 2.15. The highest BCUT2D eigenvalue weighted by molar-refractivity contribution is 7.99. The van der Waals surface area contributed by atoms with Crippen LogP contribution in [0.2, 0.25) is 0 Å². The average Bonchev–Trinajstić information content (AvgIpc) is 1.91. The van der Waals surface area contributed by atoms with E-state index in [1.807, 2.05) is 0 Å². The van der Waals surface area contributed by atoms with Gasteiger partial charge < -0.3 is 5.11 Å². The average molecular weight is 196 g/mol. The van der Waals surface area contributed by atoms with E-state index in [0.717, 1.165) is 12.7 Å². The second-order valence-corrected chi connectivity index (χ2v) is 4.62. The first kappa shape index (κ1) is 10.3. The van der Waals surface area contributed by atoms with Gasteiger partial charge in [-0.1, -0.05) is 0 Å². The lowest BCUT2D eigenvalue weighted by Gasteiger charge is -2.28. The molecular weight excluding hydrogens is 182 g/mol. The quantitative estimate of drug-likeness (QED) is 0.730. The molecule has 1 N–H and O–H groups in total. The zero-order valence-electron chi connectivity index (χ0n) is 7.09. The molecule has 1 saturated heterocycles. The van der Waals surface area contributed by atoms with Gasteiger partial charge in [-0.2, -0.15) is 11.8 Å². The molecule has 2 atom stereocenters. The summed E-state index contributed by atoms with van der Waals surface area (Å²) in [4.78, 5) is 0. The van der Waals surface area contributed by atoms with Gasteiger partial charge in [-0.15, -0.1) is 0 Å². The van der Waals surface area contributed by atoms with Gasteiger partial charge in [0, 0.05) is 6.42 Å². The highest BCUT2D eigenvalue weighted by atomic mass is 32.2. The topological polar surface area (TPSA) is 20.2 Å². The third-order valence-electron chi connectivity index (χ3n) is 2.05. The molecule has 0 saturated carbocycles. The molecule has 0 aliphatic carbocycles. The Labute approximate surface area is 75.5 Å². The SMILES string of the molecule is CC(F)(F)CC1CSCCC1O. The molecule has 4 heteroatoms. The Morgan fingerprint density at radius 3 is 2.75 bits per heavy atom. The molecule has 0 spiro atoms. The zero-order valence-corrected chi connectivity index (χ0v) is 7.91. The van der Waals surface area contributed by atoms with Gasteiger partial charge in [0.15, 0.2) is 0 Å². The summed E-state index contributed by atoms with van der Waals surface area (Å²) in [5.74, 6) is -1.29. The van der Waals surface area contributed by atoms with Crippen molar-refractivity contribution in [1.82, 2.24) is 0 Å². The third kappa shape index (κ3) is 3.27. The van der Waals surface area contributed by atoms with E-state index in [1.54, 1.807) is 11.8 Å². The van der Waals surface area contributed by atoms with E-state index < -0.39 is 12.0 Å². The van der Waals surface area contributed by atoms with Crippen molar-refractivity contribution in [3.63, 3.8) is 0 Å². The molecule has 1 aliphatic heterocycles. The molecule has 1 heterocycles. The van der Waals surface area contributed by atoms with Crippen LogP contribution in [0.3, 0.4) is 0 Å². The summed E-state index contributed by atoms with van der Waals surface area (Å²) in [5, 5.41) is 9.39. The summed E-state index contributed by atoms with van der Waals surface area (Å²) in [7, 11) is 0. The van der Waals surface area contributed by atoms with Crippen LogP contribution in [0.1, 0.15) is 19.8 Å². The number of hydrogen-bond acceptors (Lipinski definition) is 2. The highest BCUT2D eigenvalue weighted by Crippen LogP contribution is 2.31. The lowest BCUT2D eigenvalue weighted by Crippen LogP contribution is -2.32. The van der Waals surface area contributed by atoms with E-state index in [1.165, 1.54) is 0 Å². The van der Waals surface area contributed by atoms with Gasteiger partial charge in [0.2, 0.25) is 5.92 Å². The number of halogens is 2. The number of alkyl halides is 2. The Bertz CT molecular complexity index is 146. The lowest BCUT2D eigenvalue weighted by molar-refractivity contribution is -0.0247. The van der Waals surface area contributed by atoms with Crippen LogP contribution in [0.4, 0.5) is 8.78 Å². The molecule has 2 unspecified atom stereocenters. The van der Waals surface area contributed by atoms with Gasteiger partial charge in [-0.05, 0) is 30.8 Å². The van der Waals surface area contributed by atoms with Gasteiger partial charge in [0.05, 0.1) is 6.10 Å². The molecule has 0 aromatic carbocycles. The second kappa shape index (κ2) is 3.92. The fraction of sp³-hybridized carbons (Fsp3) is 1.00. The lowest BCUT2D eigenvalue weighted by atomic mass is 9.95. The van der Waals surface area contributed by atoms with E-state index in [4.69, 9.17) is 0 Å². The Kier molecular flexibility index (Phi) is 3.35. The summed E-state index contributed by atoms with van der Waals surface area (Å²) in [5.41, 5.74) is 0. The van der Waals surface area contributed by atoms with Crippen LogP contribution >= 0.6 is 11.8 Å². The van der Waals surface area contributed by atoms with Crippen LogP contribution in [-0.4, -0.2) is 28.6 Å². The zero-order chi connectivity index (χ0) is 9.19. The first-order valence-corrected chi connectivity index (χ1v) is 5.28. The van der Waals surface area contributed by atoms with E-state index in [-0.39, 0.29) is 12.3 Å². The molecule has 0 radical (unpaired) electrons. The maximum Gasteiger partial charge on any atom is 0.245 e. The second-order valence-electron chi connectivity index (χ2n) is 3.47. The Balaban J connectivity index is 2.39. The van der Waals surface area contributed by atoms with Gasteiger partial charge in [-0.25, -0.2) is 8.78 Å². The monoisotopic (exact) mass is 196 g/mol. The van der Waals surface area contributed by atoms with E-state index >= 15 is 0 Å². The van der Waals surface area contributed by atoms with E-state index in [2.05, 4.69) is 0 Å². The Hall–Kier alpha value is 0.170. The van der Waals surface area contributed by atoms with E-state index in [0.29, 0.717) is 12.2 Å². The van der Waals surface area contributed by atoms with Crippen molar-refractivity contribution < 1.29 is 13.9 Å². The number of hydrogen-bond donors (Lipinski definition) is 1. The minimum atomic E-state index is -2.64. The standard InChI is InChI=1S/C8H14F2OS/c1-8(9,10)4-6-5-12-3-2-7(6)11/h6-7,11H,2-5H2,1H3. The normalized spacial score (nSPS) is 32.0. The molecule has 1 rings (SSSR count). The van der Waals surface area contributed by atoms with Gasteiger partial charge in [-0.3, -0.25) is 0 Å². The van der Waals surface area contributed by atoms with Crippen molar-refractivity contribution in [1.29, 1.82) is 0 Å². The van der Waals surface area contributed by atoms with Crippen LogP contribution in [0.15, 0.2) is 0 Å². The van der Waals surface area contributed by atoms with E-state index in [9.17, 15) is 13.9 Å². The minimum Gasteiger partial charge on any atom is -0.393 e. The number of aliphatic hydroxyl groups excluding tert-OH is 1. The molecule has 0 bridgehead atoms. The summed E-state index contributed by atoms with van der Waals surface area (Å²) < 4.78 is 25.1. The molecule has 1 fully saturated rings. The van der Waals surface area contributed by atoms with Crippen molar-refractivity contribution in [3.05, 3.63) is 0 Å². The summed E-state index contributed by atoms with van der Waals surface area (Å²) in [6.45, 7) is 0.916. The Morgan fingerprint density at radius 2 is 2.25 bits per heavy atom. The molecule has 0 aromatic heterocycles. The molecule has 1 nitrogen and oxygen atoms in total. The summed E-state index contributed by atoms with van der Waals surface area (Å²) >= 11 is 1.65. The van der Waals surface area contributed by atoms with Crippen molar-refractivity contribution in [2.24, 2.45) is 5.92 Å². The first-order chi connectivity index (χ1) is 5.49. The third-order valence-corrected chi connectivity index (χ3v) is 3.24. The number of aliphatic hydroxyl groups is 1. The van der Waals surface area contributed by atoms with Crippen LogP contribution in [0.5, 0.6) is 0 Å².